The van der Waals surface area contributed by atoms with Crippen molar-refractivity contribution in [2.75, 3.05) is 7.11 Å². The fraction of sp³-hybridized carbons (Fsp3) is 0.174. The second-order valence-electron chi connectivity index (χ2n) is 6.94. The van der Waals surface area contributed by atoms with Crippen molar-refractivity contribution in [3.05, 3.63) is 82.8 Å². The molecule has 0 aliphatic heterocycles. The number of halogens is 3. The maximum atomic E-state index is 12.8. The second-order valence-corrected chi connectivity index (χ2v) is 6.94. The Morgan fingerprint density at radius 1 is 1.12 bits per heavy atom. The van der Waals surface area contributed by atoms with E-state index in [0.29, 0.717) is 22.8 Å². The Balaban J connectivity index is 1.57. The minimum atomic E-state index is -4.49. The summed E-state index contributed by atoms with van der Waals surface area (Å²) in [5, 5.41) is 12.7. The lowest BCUT2D eigenvalue weighted by molar-refractivity contribution is -0.137. The molecule has 0 radical (unpaired) electrons. The molecule has 1 heterocycles. The number of carboxylic acid groups (broad SMARTS) is 1. The first-order chi connectivity index (χ1) is 16.2. The zero-order chi connectivity index (χ0) is 24.7. The molecule has 3 aromatic rings. The summed E-state index contributed by atoms with van der Waals surface area (Å²) in [7, 11) is 1.43. The maximum absolute atomic E-state index is 12.8. The number of amides is 1. The fourth-order valence-electron chi connectivity index (χ4n) is 2.86. The second kappa shape index (κ2) is 10.6. The van der Waals surface area contributed by atoms with E-state index < -0.39 is 23.6 Å². The minimum absolute atomic E-state index is 0.0251. The van der Waals surface area contributed by atoms with E-state index in [1.54, 1.807) is 18.2 Å². The average Bonchev–Trinajstić information content (AvgIpc) is 3.27. The smallest absolute Gasteiger partial charge is 0.416 e. The van der Waals surface area contributed by atoms with Gasteiger partial charge in [-0.2, -0.15) is 18.3 Å². The molecule has 2 aromatic carbocycles. The minimum Gasteiger partial charge on any atom is -0.493 e. The van der Waals surface area contributed by atoms with Crippen LogP contribution in [0.1, 0.15) is 33.0 Å². The molecular formula is C23H19F3N2O6. The molecule has 178 valence electrons. The Kier molecular flexibility index (Phi) is 7.57. The standard InChI is InChI=1S/C23H19F3N2O6/c1-32-20-10-15(5-7-18(20)33-13-17-6-8-19(34-17)22(30)31)12-27-28-21(29)11-14-3-2-4-16(9-14)23(24,25)26/h2-10,12H,11,13H2,1H3,(H,28,29)(H,30,31)/b27-12+. The number of alkyl halides is 3. The lowest BCUT2D eigenvalue weighted by atomic mass is 10.1. The van der Waals surface area contributed by atoms with Gasteiger partial charge in [0.15, 0.2) is 11.5 Å². The normalized spacial score (nSPS) is 11.4. The van der Waals surface area contributed by atoms with E-state index in [1.807, 2.05) is 0 Å². The number of carboxylic acids is 1. The Bertz CT molecular complexity index is 1200. The molecule has 0 atom stereocenters. The molecule has 2 N–H and O–H groups in total. The van der Waals surface area contributed by atoms with E-state index in [1.165, 1.54) is 37.6 Å². The number of carbonyl (C=O) groups is 2. The molecule has 0 aliphatic rings. The van der Waals surface area contributed by atoms with Gasteiger partial charge in [-0.25, -0.2) is 10.2 Å². The van der Waals surface area contributed by atoms with Gasteiger partial charge in [0.1, 0.15) is 12.4 Å². The topological polar surface area (TPSA) is 110 Å². The van der Waals surface area contributed by atoms with Crippen molar-refractivity contribution < 1.29 is 41.8 Å². The van der Waals surface area contributed by atoms with Gasteiger partial charge in [0.05, 0.1) is 25.3 Å². The first kappa shape index (κ1) is 24.4. The molecule has 11 heteroatoms. The number of hydrazone groups is 1. The molecule has 3 rings (SSSR count). The van der Waals surface area contributed by atoms with Crippen LogP contribution in [0, 0.1) is 0 Å². The number of aromatic carboxylic acids is 1. The number of rotatable bonds is 9. The number of hydrogen-bond donors (Lipinski definition) is 2. The van der Waals surface area contributed by atoms with Gasteiger partial charge in [-0.3, -0.25) is 4.79 Å². The van der Waals surface area contributed by atoms with Crippen LogP contribution in [0.15, 0.2) is 64.1 Å². The van der Waals surface area contributed by atoms with Crippen LogP contribution in [0.5, 0.6) is 11.5 Å². The summed E-state index contributed by atoms with van der Waals surface area (Å²) in [5.74, 6) is -0.942. The van der Waals surface area contributed by atoms with Crippen molar-refractivity contribution in [1.29, 1.82) is 0 Å². The molecule has 0 saturated heterocycles. The largest absolute Gasteiger partial charge is 0.493 e. The first-order valence-electron chi connectivity index (χ1n) is 9.76. The number of carbonyl (C=O) groups excluding carboxylic acids is 1. The summed E-state index contributed by atoms with van der Waals surface area (Å²) in [6.07, 6.45) is -3.42. The van der Waals surface area contributed by atoms with Crippen molar-refractivity contribution in [2.24, 2.45) is 5.10 Å². The van der Waals surface area contributed by atoms with Crippen LogP contribution in [0.3, 0.4) is 0 Å². The molecule has 8 nitrogen and oxygen atoms in total. The van der Waals surface area contributed by atoms with Gasteiger partial charge in [0, 0.05) is 0 Å². The molecule has 0 fully saturated rings. The Hall–Kier alpha value is -4.28. The van der Waals surface area contributed by atoms with Crippen molar-refractivity contribution in [3.63, 3.8) is 0 Å². The number of ether oxygens (including phenoxy) is 2. The SMILES string of the molecule is COc1cc(/C=N/NC(=O)Cc2cccc(C(F)(F)F)c2)ccc1OCc1ccc(C(=O)O)o1. The predicted molar refractivity (Wildman–Crippen MR) is 114 cm³/mol. The van der Waals surface area contributed by atoms with Gasteiger partial charge in [-0.05, 0) is 47.5 Å². The third kappa shape index (κ3) is 6.61. The van der Waals surface area contributed by atoms with E-state index >= 15 is 0 Å². The molecule has 0 unspecified atom stereocenters. The van der Waals surface area contributed by atoms with Crippen molar-refractivity contribution in [2.45, 2.75) is 19.2 Å². The maximum Gasteiger partial charge on any atom is 0.416 e. The van der Waals surface area contributed by atoms with E-state index in [-0.39, 0.29) is 24.4 Å². The molecule has 1 aromatic heterocycles. The van der Waals surface area contributed by atoms with Crippen LogP contribution >= 0.6 is 0 Å². The van der Waals surface area contributed by atoms with Gasteiger partial charge < -0.3 is 19.0 Å². The Morgan fingerprint density at radius 3 is 2.59 bits per heavy atom. The van der Waals surface area contributed by atoms with Crippen LogP contribution in [-0.2, 0) is 24.0 Å². The zero-order valence-corrected chi connectivity index (χ0v) is 17.8. The van der Waals surface area contributed by atoms with Crippen molar-refractivity contribution >= 4 is 18.1 Å². The average molecular weight is 476 g/mol. The molecule has 0 spiro atoms. The third-order valence-corrected chi connectivity index (χ3v) is 4.45. The lowest BCUT2D eigenvalue weighted by Crippen LogP contribution is -2.20. The van der Waals surface area contributed by atoms with Crippen LogP contribution in [0.4, 0.5) is 13.2 Å². The highest BCUT2D eigenvalue weighted by Gasteiger charge is 2.30. The fourth-order valence-corrected chi connectivity index (χ4v) is 2.86. The van der Waals surface area contributed by atoms with Crippen molar-refractivity contribution in [1.82, 2.24) is 5.43 Å². The number of nitrogens with zero attached hydrogens (tertiary/aromatic N) is 1. The number of benzene rings is 2. The van der Waals surface area contributed by atoms with E-state index in [9.17, 15) is 22.8 Å². The van der Waals surface area contributed by atoms with Crippen LogP contribution in [-0.4, -0.2) is 30.3 Å². The summed E-state index contributed by atoms with van der Waals surface area (Å²) in [5.41, 5.74) is 2.19. The number of nitrogens with one attached hydrogen (secondary N) is 1. The summed E-state index contributed by atoms with van der Waals surface area (Å²) in [4.78, 5) is 22.9. The monoisotopic (exact) mass is 476 g/mol. The summed E-state index contributed by atoms with van der Waals surface area (Å²) in [6, 6.07) is 12.1. The third-order valence-electron chi connectivity index (χ3n) is 4.45. The molecular weight excluding hydrogens is 457 g/mol. The Morgan fingerprint density at radius 2 is 1.91 bits per heavy atom. The van der Waals surface area contributed by atoms with Crippen LogP contribution in [0.2, 0.25) is 0 Å². The van der Waals surface area contributed by atoms with Gasteiger partial charge >= 0.3 is 12.1 Å². The van der Waals surface area contributed by atoms with E-state index in [2.05, 4.69) is 10.5 Å². The predicted octanol–water partition coefficient (Wildman–Crippen LogP) is 4.28. The Labute approximate surface area is 191 Å². The van der Waals surface area contributed by atoms with Crippen molar-refractivity contribution in [3.8, 4) is 11.5 Å². The van der Waals surface area contributed by atoms with Gasteiger partial charge in [-0.15, -0.1) is 0 Å². The highest BCUT2D eigenvalue weighted by Crippen LogP contribution is 2.30. The molecule has 0 bridgehead atoms. The molecule has 0 saturated carbocycles. The summed E-state index contributed by atoms with van der Waals surface area (Å²) >= 11 is 0. The highest BCUT2D eigenvalue weighted by molar-refractivity contribution is 5.84. The van der Waals surface area contributed by atoms with Gasteiger partial charge in [0.2, 0.25) is 11.7 Å². The summed E-state index contributed by atoms with van der Waals surface area (Å²) in [6.45, 7) is -0.0251. The first-order valence-corrected chi connectivity index (χ1v) is 9.76. The number of furan rings is 1. The van der Waals surface area contributed by atoms with Gasteiger partial charge in [0.25, 0.3) is 0 Å². The van der Waals surface area contributed by atoms with Crippen LogP contribution in [0.25, 0.3) is 0 Å². The summed E-state index contributed by atoms with van der Waals surface area (Å²) < 4.78 is 54.3. The zero-order valence-electron chi connectivity index (χ0n) is 17.8. The lowest BCUT2D eigenvalue weighted by Gasteiger charge is -2.10. The quantitative estimate of drug-likeness (QED) is 0.352. The highest BCUT2D eigenvalue weighted by atomic mass is 19.4. The number of methoxy groups -OCH3 is 1. The van der Waals surface area contributed by atoms with Gasteiger partial charge in [-0.1, -0.05) is 18.2 Å². The number of hydrogen-bond acceptors (Lipinski definition) is 6. The molecule has 34 heavy (non-hydrogen) atoms. The molecule has 1 amide bonds. The molecule has 0 aliphatic carbocycles. The van der Waals surface area contributed by atoms with Crippen LogP contribution < -0.4 is 14.9 Å². The van der Waals surface area contributed by atoms with E-state index in [0.717, 1.165) is 12.1 Å². The van der Waals surface area contributed by atoms with E-state index in [4.69, 9.17) is 19.0 Å².